The van der Waals surface area contributed by atoms with Crippen LogP contribution in [0.3, 0.4) is 0 Å². The van der Waals surface area contributed by atoms with Gasteiger partial charge < -0.3 is 15.5 Å². The maximum absolute atomic E-state index is 9.40. The third-order valence-electron chi connectivity index (χ3n) is 1.68. The van der Waals surface area contributed by atoms with Gasteiger partial charge in [0.25, 0.3) is 0 Å². The molecule has 0 bridgehead atoms. The molecule has 0 aliphatic rings. The van der Waals surface area contributed by atoms with E-state index < -0.39 is 0 Å². The second-order valence-corrected chi connectivity index (χ2v) is 3.05. The number of aliphatic hydroxyl groups excluding tert-OH is 1. The van der Waals surface area contributed by atoms with Gasteiger partial charge in [0.15, 0.2) is 0 Å². The van der Waals surface area contributed by atoms with Gasteiger partial charge in [0.1, 0.15) is 5.75 Å². The molecule has 0 heterocycles. The third kappa shape index (κ3) is 2.88. The highest BCUT2D eigenvalue weighted by Gasteiger charge is 2.04. The summed E-state index contributed by atoms with van der Waals surface area (Å²) in [6.07, 6.45) is 0. The molecule has 0 unspecified atom stereocenters. The summed E-state index contributed by atoms with van der Waals surface area (Å²) in [5, 5.41) is 21.4. The number of benzene rings is 1. The molecule has 0 radical (unpaired) electrons. The van der Waals surface area contributed by atoms with Crippen molar-refractivity contribution in [3.05, 3.63) is 28.8 Å². The van der Waals surface area contributed by atoms with Gasteiger partial charge in [0.2, 0.25) is 0 Å². The molecule has 1 aromatic carbocycles. The van der Waals surface area contributed by atoms with E-state index in [-0.39, 0.29) is 12.4 Å². The first-order valence-corrected chi connectivity index (χ1v) is 4.41. The average Bonchev–Trinajstić information content (AvgIpc) is 2.10. The van der Waals surface area contributed by atoms with E-state index in [1.807, 2.05) is 0 Å². The molecular weight excluding hydrogens is 190 g/mol. The van der Waals surface area contributed by atoms with Gasteiger partial charge >= 0.3 is 0 Å². The van der Waals surface area contributed by atoms with Crippen molar-refractivity contribution in [3.8, 4) is 5.75 Å². The quantitative estimate of drug-likeness (QED) is 0.641. The van der Waals surface area contributed by atoms with Crippen molar-refractivity contribution in [2.75, 3.05) is 13.2 Å². The van der Waals surface area contributed by atoms with E-state index in [0.717, 1.165) is 0 Å². The number of aromatic hydroxyl groups is 1. The number of nitrogens with one attached hydrogen (secondary N) is 1. The van der Waals surface area contributed by atoms with Crippen LogP contribution in [0.4, 0.5) is 0 Å². The lowest BCUT2D eigenvalue weighted by molar-refractivity contribution is 0.291. The lowest BCUT2D eigenvalue weighted by Crippen LogP contribution is -2.17. The molecule has 3 nitrogen and oxygen atoms in total. The Hall–Kier alpha value is -0.770. The molecule has 0 aliphatic heterocycles. The van der Waals surface area contributed by atoms with Crippen molar-refractivity contribution in [1.29, 1.82) is 0 Å². The van der Waals surface area contributed by atoms with E-state index in [9.17, 15) is 5.11 Å². The fourth-order valence-corrected chi connectivity index (χ4v) is 1.25. The first-order chi connectivity index (χ1) is 6.25. The van der Waals surface area contributed by atoms with Gasteiger partial charge in [-0.25, -0.2) is 0 Å². The molecule has 0 saturated carbocycles. The normalized spacial score (nSPS) is 10.3. The van der Waals surface area contributed by atoms with E-state index in [0.29, 0.717) is 23.7 Å². The molecule has 4 heteroatoms. The zero-order valence-electron chi connectivity index (χ0n) is 7.13. The van der Waals surface area contributed by atoms with E-state index in [1.165, 1.54) is 0 Å². The molecule has 0 amide bonds. The summed E-state index contributed by atoms with van der Waals surface area (Å²) in [5.74, 6) is 0.179. The van der Waals surface area contributed by atoms with Gasteiger partial charge in [-0.2, -0.15) is 0 Å². The number of rotatable bonds is 4. The highest BCUT2D eigenvalue weighted by Crippen LogP contribution is 2.24. The SMILES string of the molecule is OCCNCc1c(O)cccc1Cl. The number of aliphatic hydroxyl groups is 1. The molecule has 0 aliphatic carbocycles. The maximum atomic E-state index is 9.40. The fourth-order valence-electron chi connectivity index (χ4n) is 1.01. The van der Waals surface area contributed by atoms with Crippen molar-refractivity contribution in [3.63, 3.8) is 0 Å². The summed E-state index contributed by atoms with van der Waals surface area (Å²) in [7, 11) is 0. The Morgan fingerprint density at radius 2 is 2.15 bits per heavy atom. The minimum absolute atomic E-state index is 0.0746. The topological polar surface area (TPSA) is 52.5 Å². The van der Waals surface area contributed by atoms with Crippen LogP contribution in [0.2, 0.25) is 5.02 Å². The van der Waals surface area contributed by atoms with Crippen LogP contribution in [0.15, 0.2) is 18.2 Å². The van der Waals surface area contributed by atoms with Crippen molar-refractivity contribution >= 4 is 11.6 Å². The molecule has 72 valence electrons. The number of hydrogen-bond donors (Lipinski definition) is 3. The minimum atomic E-state index is 0.0746. The minimum Gasteiger partial charge on any atom is -0.508 e. The van der Waals surface area contributed by atoms with Gasteiger partial charge in [0.05, 0.1) is 6.61 Å². The highest BCUT2D eigenvalue weighted by molar-refractivity contribution is 6.31. The summed E-state index contributed by atoms with van der Waals surface area (Å²) in [5.41, 5.74) is 0.664. The summed E-state index contributed by atoms with van der Waals surface area (Å²) in [4.78, 5) is 0. The molecular formula is C9H12ClNO2. The molecule has 0 spiro atoms. The zero-order valence-corrected chi connectivity index (χ0v) is 7.88. The van der Waals surface area contributed by atoms with E-state index in [2.05, 4.69) is 5.32 Å². The molecule has 0 atom stereocenters. The van der Waals surface area contributed by atoms with E-state index in [1.54, 1.807) is 18.2 Å². The number of phenolic OH excluding ortho intramolecular Hbond substituents is 1. The lowest BCUT2D eigenvalue weighted by atomic mass is 10.2. The average molecular weight is 202 g/mol. The summed E-state index contributed by atoms with van der Waals surface area (Å²) < 4.78 is 0. The smallest absolute Gasteiger partial charge is 0.121 e. The van der Waals surface area contributed by atoms with Crippen molar-refractivity contribution in [1.82, 2.24) is 5.32 Å². The first-order valence-electron chi connectivity index (χ1n) is 4.03. The van der Waals surface area contributed by atoms with Crippen LogP contribution in [-0.2, 0) is 6.54 Å². The van der Waals surface area contributed by atoms with Gasteiger partial charge in [-0.1, -0.05) is 17.7 Å². The molecule has 1 rings (SSSR count). The lowest BCUT2D eigenvalue weighted by Gasteiger charge is -2.07. The largest absolute Gasteiger partial charge is 0.508 e. The Morgan fingerprint density at radius 3 is 2.77 bits per heavy atom. The van der Waals surface area contributed by atoms with Gasteiger partial charge in [-0.3, -0.25) is 0 Å². The van der Waals surface area contributed by atoms with Gasteiger partial charge in [0, 0.05) is 23.7 Å². The summed E-state index contributed by atoms with van der Waals surface area (Å²) >= 11 is 5.85. The van der Waals surface area contributed by atoms with Crippen LogP contribution in [0.5, 0.6) is 5.75 Å². The van der Waals surface area contributed by atoms with Gasteiger partial charge in [-0.05, 0) is 12.1 Å². The molecule has 13 heavy (non-hydrogen) atoms. The van der Waals surface area contributed by atoms with Crippen molar-refractivity contribution in [2.45, 2.75) is 6.54 Å². The maximum Gasteiger partial charge on any atom is 0.121 e. The number of halogens is 1. The molecule has 0 aromatic heterocycles. The fraction of sp³-hybridized carbons (Fsp3) is 0.333. The number of hydrogen-bond acceptors (Lipinski definition) is 3. The van der Waals surface area contributed by atoms with Crippen LogP contribution in [0.1, 0.15) is 5.56 Å². The Kier molecular flexibility index (Phi) is 4.02. The Morgan fingerprint density at radius 1 is 1.38 bits per heavy atom. The van der Waals surface area contributed by atoms with E-state index in [4.69, 9.17) is 16.7 Å². The molecule has 1 aromatic rings. The molecule has 0 saturated heterocycles. The van der Waals surface area contributed by atoms with Crippen molar-refractivity contribution < 1.29 is 10.2 Å². The number of phenols is 1. The standard InChI is InChI=1S/C9H12ClNO2/c10-8-2-1-3-9(13)7(8)6-11-4-5-12/h1-3,11-13H,4-6H2. The monoisotopic (exact) mass is 201 g/mol. The molecule has 3 N–H and O–H groups in total. The van der Waals surface area contributed by atoms with Crippen LogP contribution in [-0.4, -0.2) is 23.4 Å². The second kappa shape index (κ2) is 5.07. The van der Waals surface area contributed by atoms with Gasteiger partial charge in [-0.15, -0.1) is 0 Å². The van der Waals surface area contributed by atoms with Crippen molar-refractivity contribution in [2.24, 2.45) is 0 Å². The predicted molar refractivity (Wildman–Crippen MR) is 51.9 cm³/mol. The van der Waals surface area contributed by atoms with Crippen LogP contribution >= 0.6 is 11.6 Å². The highest BCUT2D eigenvalue weighted by atomic mass is 35.5. The summed E-state index contributed by atoms with van der Waals surface area (Å²) in [6.45, 7) is 1.03. The zero-order chi connectivity index (χ0) is 9.68. The first kappa shape index (κ1) is 10.3. The Labute approximate surface area is 82.0 Å². The Bertz CT molecular complexity index is 258. The van der Waals surface area contributed by atoms with Crippen LogP contribution in [0.25, 0.3) is 0 Å². The Balaban J connectivity index is 2.64. The second-order valence-electron chi connectivity index (χ2n) is 2.64. The molecule has 0 fully saturated rings. The van der Waals surface area contributed by atoms with E-state index >= 15 is 0 Å². The predicted octanol–water partition coefficient (Wildman–Crippen LogP) is 1.13. The van der Waals surface area contributed by atoms with Crippen LogP contribution in [0, 0.1) is 0 Å². The third-order valence-corrected chi connectivity index (χ3v) is 2.04. The summed E-state index contributed by atoms with van der Waals surface area (Å²) in [6, 6.07) is 4.99. The van der Waals surface area contributed by atoms with Crippen LogP contribution < -0.4 is 5.32 Å².